The van der Waals surface area contributed by atoms with Crippen molar-refractivity contribution >= 4 is 28.6 Å². The predicted octanol–water partition coefficient (Wildman–Crippen LogP) is 2.57. The Morgan fingerprint density at radius 1 is 1.53 bits per heavy atom. The fourth-order valence-electron chi connectivity index (χ4n) is 1.52. The summed E-state index contributed by atoms with van der Waals surface area (Å²) in [5.41, 5.74) is 7.01. The van der Waals surface area contributed by atoms with Crippen molar-refractivity contribution in [2.24, 2.45) is 5.73 Å². The molecule has 0 aliphatic rings. The van der Waals surface area contributed by atoms with Crippen LogP contribution in [-0.4, -0.2) is 16.1 Å². The van der Waals surface area contributed by atoms with Crippen LogP contribution in [0.15, 0.2) is 11.4 Å². The highest BCUT2D eigenvalue weighted by molar-refractivity contribution is 7.15. The summed E-state index contributed by atoms with van der Waals surface area (Å²) >= 11 is 3.14. The molecule has 2 aromatic heterocycles. The number of hydrogen-bond donors (Lipinski definition) is 2. The summed E-state index contributed by atoms with van der Waals surface area (Å²) in [6, 6.07) is 1.02. The lowest BCUT2D eigenvalue weighted by Gasteiger charge is -2.00. The van der Waals surface area contributed by atoms with Gasteiger partial charge in [0.2, 0.25) is 0 Å². The van der Waals surface area contributed by atoms with Gasteiger partial charge in [-0.25, -0.2) is 4.98 Å². The molecule has 1 unspecified atom stereocenters. The minimum Gasteiger partial charge on any atom is -0.480 e. The molecule has 17 heavy (non-hydrogen) atoms. The number of aryl methyl sites for hydroxylation is 2. The second kappa shape index (κ2) is 4.56. The first-order valence-corrected chi connectivity index (χ1v) is 6.70. The Labute approximate surface area is 107 Å². The molecule has 2 rings (SSSR count). The molecule has 0 fully saturated rings. The van der Waals surface area contributed by atoms with Crippen molar-refractivity contribution in [1.82, 2.24) is 4.98 Å². The van der Waals surface area contributed by atoms with Crippen LogP contribution in [0.1, 0.15) is 21.5 Å². The molecular formula is C11H12N2O2S2. The molecule has 0 radical (unpaired) electrons. The quantitative estimate of drug-likeness (QED) is 0.897. The molecule has 90 valence electrons. The fourth-order valence-corrected chi connectivity index (χ4v) is 3.44. The van der Waals surface area contributed by atoms with Gasteiger partial charge in [0, 0.05) is 20.7 Å². The van der Waals surface area contributed by atoms with Crippen molar-refractivity contribution < 1.29 is 9.90 Å². The third-order valence-corrected chi connectivity index (χ3v) is 4.24. The van der Waals surface area contributed by atoms with E-state index in [2.05, 4.69) is 11.1 Å². The van der Waals surface area contributed by atoms with Gasteiger partial charge in [0.15, 0.2) is 0 Å². The van der Waals surface area contributed by atoms with E-state index in [0.717, 1.165) is 10.6 Å². The first-order valence-electron chi connectivity index (χ1n) is 5.00. The molecule has 0 saturated carbocycles. The summed E-state index contributed by atoms with van der Waals surface area (Å²) in [5.74, 6) is -1.06. The second-order valence-electron chi connectivity index (χ2n) is 3.72. The Kier molecular flexibility index (Phi) is 3.28. The van der Waals surface area contributed by atoms with Gasteiger partial charge >= 0.3 is 5.97 Å². The Bertz CT molecular complexity index is 560. The van der Waals surface area contributed by atoms with E-state index in [1.165, 1.54) is 21.1 Å². The zero-order chi connectivity index (χ0) is 12.6. The highest BCUT2D eigenvalue weighted by atomic mass is 32.1. The van der Waals surface area contributed by atoms with E-state index in [0.29, 0.717) is 5.69 Å². The van der Waals surface area contributed by atoms with Gasteiger partial charge in [0.05, 0.1) is 5.69 Å². The van der Waals surface area contributed by atoms with E-state index in [4.69, 9.17) is 10.8 Å². The number of nitrogens with zero attached hydrogens (tertiary/aromatic N) is 1. The smallest absolute Gasteiger partial charge is 0.326 e. The minimum atomic E-state index is -1.06. The van der Waals surface area contributed by atoms with Gasteiger partial charge in [-0.2, -0.15) is 0 Å². The molecule has 4 nitrogen and oxygen atoms in total. The number of nitrogens with two attached hydrogens (primary N) is 1. The maximum Gasteiger partial charge on any atom is 0.326 e. The summed E-state index contributed by atoms with van der Waals surface area (Å²) in [7, 11) is 0. The fraction of sp³-hybridized carbons (Fsp3) is 0.273. The van der Waals surface area contributed by atoms with Crippen LogP contribution in [0.3, 0.4) is 0 Å². The van der Waals surface area contributed by atoms with Gasteiger partial charge in [-0.15, -0.1) is 22.7 Å². The molecule has 3 N–H and O–H groups in total. The van der Waals surface area contributed by atoms with E-state index >= 15 is 0 Å². The van der Waals surface area contributed by atoms with E-state index < -0.39 is 12.0 Å². The highest BCUT2D eigenvalue weighted by Crippen LogP contribution is 2.33. The zero-order valence-electron chi connectivity index (χ0n) is 9.43. The van der Waals surface area contributed by atoms with Crippen LogP contribution in [0.25, 0.3) is 10.6 Å². The van der Waals surface area contributed by atoms with Crippen LogP contribution >= 0.6 is 22.7 Å². The Morgan fingerprint density at radius 2 is 2.24 bits per heavy atom. The third-order valence-electron chi connectivity index (χ3n) is 2.38. The molecule has 2 heterocycles. The minimum absolute atomic E-state index is 0.417. The van der Waals surface area contributed by atoms with Crippen molar-refractivity contribution in [1.29, 1.82) is 0 Å². The number of carbonyl (C=O) groups is 1. The van der Waals surface area contributed by atoms with Crippen LogP contribution < -0.4 is 5.73 Å². The molecule has 6 heteroatoms. The number of carboxylic acids is 1. The molecule has 0 amide bonds. The molecule has 0 saturated heterocycles. The Morgan fingerprint density at radius 3 is 2.76 bits per heavy atom. The van der Waals surface area contributed by atoms with Gasteiger partial charge in [-0.3, -0.25) is 4.79 Å². The first kappa shape index (κ1) is 12.2. The topological polar surface area (TPSA) is 76.2 Å². The number of hydrogen-bond acceptors (Lipinski definition) is 5. The summed E-state index contributed by atoms with van der Waals surface area (Å²) in [4.78, 5) is 17.5. The van der Waals surface area contributed by atoms with E-state index in [-0.39, 0.29) is 0 Å². The number of thiazole rings is 1. The first-order chi connectivity index (χ1) is 7.99. The summed E-state index contributed by atoms with van der Waals surface area (Å²) in [5, 5.41) is 11.4. The predicted molar refractivity (Wildman–Crippen MR) is 69.5 cm³/mol. The number of aliphatic carboxylic acids is 1. The van der Waals surface area contributed by atoms with Gasteiger partial charge in [0.1, 0.15) is 11.0 Å². The third kappa shape index (κ3) is 2.38. The molecule has 1 atom stereocenters. The standard InChI is InChI=1S/C11H12N2O2S2/c1-5-3-7(6(2)17-5)10-13-8(4-16-10)9(12)11(14)15/h3-4,9H,12H2,1-2H3,(H,14,15). The zero-order valence-corrected chi connectivity index (χ0v) is 11.1. The van der Waals surface area contributed by atoms with E-state index in [1.54, 1.807) is 16.7 Å². The largest absolute Gasteiger partial charge is 0.480 e. The van der Waals surface area contributed by atoms with Gasteiger partial charge in [0.25, 0.3) is 0 Å². The Hall–Kier alpha value is -1.24. The lowest BCUT2D eigenvalue weighted by atomic mass is 10.2. The molecule has 0 aliphatic carbocycles. The number of thiophene rings is 1. The van der Waals surface area contributed by atoms with Crippen molar-refractivity contribution in [2.45, 2.75) is 19.9 Å². The van der Waals surface area contributed by atoms with E-state index in [9.17, 15) is 4.79 Å². The summed E-state index contributed by atoms with van der Waals surface area (Å²) in [6.07, 6.45) is 0. The van der Waals surface area contributed by atoms with Gasteiger partial charge in [-0.05, 0) is 19.9 Å². The Balaban J connectivity index is 2.36. The molecular weight excluding hydrogens is 256 g/mol. The van der Waals surface area contributed by atoms with E-state index in [1.807, 2.05) is 13.8 Å². The maximum atomic E-state index is 10.8. The average Bonchev–Trinajstić information content (AvgIpc) is 2.83. The average molecular weight is 268 g/mol. The van der Waals surface area contributed by atoms with Crippen LogP contribution in [-0.2, 0) is 4.79 Å². The summed E-state index contributed by atoms with van der Waals surface area (Å²) < 4.78 is 0. The SMILES string of the molecule is Cc1cc(-c2nc(C(N)C(=O)O)cs2)c(C)s1. The van der Waals surface area contributed by atoms with Crippen LogP contribution in [0, 0.1) is 13.8 Å². The van der Waals surface area contributed by atoms with Crippen molar-refractivity contribution in [2.75, 3.05) is 0 Å². The van der Waals surface area contributed by atoms with Crippen LogP contribution in [0.2, 0.25) is 0 Å². The lowest BCUT2D eigenvalue weighted by Crippen LogP contribution is -2.20. The summed E-state index contributed by atoms with van der Waals surface area (Å²) in [6.45, 7) is 4.07. The monoisotopic (exact) mass is 268 g/mol. The number of carboxylic acid groups (broad SMARTS) is 1. The van der Waals surface area contributed by atoms with Gasteiger partial charge < -0.3 is 10.8 Å². The second-order valence-corrected chi connectivity index (χ2v) is 6.04. The normalized spacial score (nSPS) is 12.6. The molecule has 0 aliphatic heterocycles. The highest BCUT2D eigenvalue weighted by Gasteiger charge is 2.19. The van der Waals surface area contributed by atoms with Crippen LogP contribution in [0.5, 0.6) is 0 Å². The molecule has 0 bridgehead atoms. The van der Waals surface area contributed by atoms with Gasteiger partial charge in [-0.1, -0.05) is 0 Å². The van der Waals surface area contributed by atoms with Crippen molar-refractivity contribution in [3.63, 3.8) is 0 Å². The van der Waals surface area contributed by atoms with Crippen molar-refractivity contribution in [3.8, 4) is 10.6 Å². The molecule has 2 aromatic rings. The maximum absolute atomic E-state index is 10.8. The molecule has 0 spiro atoms. The lowest BCUT2D eigenvalue weighted by molar-refractivity contribution is -0.138. The molecule has 0 aromatic carbocycles. The van der Waals surface area contributed by atoms with Crippen molar-refractivity contribution in [3.05, 3.63) is 26.9 Å². The number of aromatic nitrogens is 1. The van der Waals surface area contributed by atoms with Crippen LogP contribution in [0.4, 0.5) is 0 Å². The number of rotatable bonds is 3.